The molecule has 0 aromatic heterocycles. The Kier molecular flexibility index (Phi) is 3.36. The first-order valence-corrected chi connectivity index (χ1v) is 5.43. The third kappa shape index (κ3) is 2.44. The van der Waals surface area contributed by atoms with Gasteiger partial charge >= 0.3 is 0 Å². The van der Waals surface area contributed by atoms with E-state index in [9.17, 15) is 0 Å². The number of hydrogen-bond acceptors (Lipinski definition) is 2. The highest BCUT2D eigenvalue weighted by Crippen LogP contribution is 2.36. The zero-order valence-electron chi connectivity index (χ0n) is 9.51. The monoisotopic (exact) mass is 184 g/mol. The predicted molar refractivity (Wildman–Crippen MR) is 57.7 cm³/mol. The summed E-state index contributed by atoms with van der Waals surface area (Å²) in [5.41, 5.74) is 6.45. The molecule has 1 fully saturated rings. The average molecular weight is 184 g/mol. The van der Waals surface area contributed by atoms with Crippen LogP contribution in [0.25, 0.3) is 0 Å². The van der Waals surface area contributed by atoms with Crippen LogP contribution in [0.2, 0.25) is 0 Å². The Labute approximate surface area is 82.5 Å². The number of likely N-dealkylation sites (N-methyl/N-ethyl adjacent to an activating group) is 1. The molecule has 78 valence electrons. The molecule has 0 aromatic rings. The summed E-state index contributed by atoms with van der Waals surface area (Å²) >= 11 is 0. The maximum Gasteiger partial charge on any atom is 0.0323 e. The number of rotatable bonds is 5. The molecule has 1 aliphatic rings. The summed E-state index contributed by atoms with van der Waals surface area (Å²) in [5, 5.41) is 0. The quantitative estimate of drug-likeness (QED) is 0.706. The molecule has 2 unspecified atom stereocenters. The molecule has 0 amide bonds. The van der Waals surface area contributed by atoms with E-state index in [1.54, 1.807) is 0 Å². The molecule has 0 bridgehead atoms. The van der Waals surface area contributed by atoms with Crippen LogP contribution in [-0.2, 0) is 0 Å². The van der Waals surface area contributed by atoms with Crippen LogP contribution < -0.4 is 5.73 Å². The molecule has 0 aliphatic heterocycles. The molecule has 0 spiro atoms. The van der Waals surface area contributed by atoms with Crippen molar-refractivity contribution in [2.75, 3.05) is 14.1 Å². The summed E-state index contributed by atoms with van der Waals surface area (Å²) in [7, 11) is 4.27. The van der Waals surface area contributed by atoms with Crippen molar-refractivity contribution in [1.29, 1.82) is 0 Å². The second kappa shape index (κ2) is 3.97. The lowest BCUT2D eigenvalue weighted by Gasteiger charge is -2.41. The van der Waals surface area contributed by atoms with Gasteiger partial charge in [-0.1, -0.05) is 19.8 Å². The highest BCUT2D eigenvalue weighted by atomic mass is 15.2. The van der Waals surface area contributed by atoms with Gasteiger partial charge in [0.25, 0.3) is 0 Å². The van der Waals surface area contributed by atoms with E-state index in [2.05, 4.69) is 32.8 Å². The van der Waals surface area contributed by atoms with E-state index in [1.807, 2.05) is 0 Å². The van der Waals surface area contributed by atoms with Crippen LogP contribution in [0.1, 0.15) is 39.5 Å². The molecule has 0 radical (unpaired) electrons. The van der Waals surface area contributed by atoms with E-state index in [4.69, 9.17) is 5.73 Å². The minimum Gasteiger partial charge on any atom is -0.326 e. The van der Waals surface area contributed by atoms with Crippen LogP contribution in [0.5, 0.6) is 0 Å². The SMILES string of the molecule is CCC(C)(C(N)CC1CC1)N(C)C. The highest BCUT2D eigenvalue weighted by molar-refractivity contribution is 4.95. The van der Waals surface area contributed by atoms with Crippen molar-refractivity contribution >= 4 is 0 Å². The molecule has 0 saturated heterocycles. The minimum atomic E-state index is 0.183. The van der Waals surface area contributed by atoms with E-state index >= 15 is 0 Å². The predicted octanol–water partition coefficient (Wildman–Crippen LogP) is 1.84. The second-order valence-electron chi connectivity index (χ2n) is 4.89. The van der Waals surface area contributed by atoms with Gasteiger partial charge in [-0.15, -0.1) is 0 Å². The Hall–Kier alpha value is -0.0800. The standard InChI is InChI=1S/C11H24N2/c1-5-11(2,13(3)4)10(12)8-9-6-7-9/h9-10H,5-8,12H2,1-4H3. The van der Waals surface area contributed by atoms with Gasteiger partial charge in [-0.05, 0) is 39.8 Å². The third-order valence-corrected chi connectivity index (χ3v) is 3.82. The minimum absolute atomic E-state index is 0.183. The van der Waals surface area contributed by atoms with E-state index in [0.717, 1.165) is 12.3 Å². The third-order valence-electron chi connectivity index (χ3n) is 3.82. The van der Waals surface area contributed by atoms with Gasteiger partial charge in [-0.2, -0.15) is 0 Å². The molecule has 2 heteroatoms. The molecule has 1 rings (SSSR count). The largest absolute Gasteiger partial charge is 0.326 e. The maximum atomic E-state index is 6.26. The molecule has 13 heavy (non-hydrogen) atoms. The van der Waals surface area contributed by atoms with Gasteiger partial charge in [0.05, 0.1) is 0 Å². The first kappa shape index (κ1) is 11.0. The van der Waals surface area contributed by atoms with Gasteiger partial charge in [0.15, 0.2) is 0 Å². The summed E-state index contributed by atoms with van der Waals surface area (Å²) in [6.45, 7) is 4.51. The lowest BCUT2D eigenvalue weighted by molar-refractivity contribution is 0.124. The number of hydrogen-bond donors (Lipinski definition) is 1. The highest BCUT2D eigenvalue weighted by Gasteiger charge is 2.35. The van der Waals surface area contributed by atoms with Crippen molar-refractivity contribution < 1.29 is 0 Å². The zero-order valence-corrected chi connectivity index (χ0v) is 9.51. The molecule has 1 saturated carbocycles. The fourth-order valence-corrected chi connectivity index (χ4v) is 1.88. The Balaban J connectivity index is 2.51. The summed E-state index contributed by atoms with van der Waals surface area (Å²) < 4.78 is 0. The summed E-state index contributed by atoms with van der Waals surface area (Å²) in [5.74, 6) is 0.931. The molecule has 2 atom stereocenters. The Morgan fingerprint density at radius 1 is 1.46 bits per heavy atom. The van der Waals surface area contributed by atoms with Crippen molar-refractivity contribution in [3.8, 4) is 0 Å². The molecular weight excluding hydrogens is 160 g/mol. The van der Waals surface area contributed by atoms with Crippen molar-refractivity contribution in [2.45, 2.75) is 51.1 Å². The van der Waals surface area contributed by atoms with Crippen molar-refractivity contribution in [3.63, 3.8) is 0 Å². The van der Waals surface area contributed by atoms with Gasteiger partial charge in [-0.3, -0.25) is 0 Å². The molecule has 0 heterocycles. The van der Waals surface area contributed by atoms with Crippen molar-refractivity contribution in [2.24, 2.45) is 11.7 Å². The van der Waals surface area contributed by atoms with Crippen LogP contribution in [0, 0.1) is 5.92 Å². The van der Waals surface area contributed by atoms with E-state index < -0.39 is 0 Å². The van der Waals surface area contributed by atoms with Gasteiger partial charge in [0.1, 0.15) is 0 Å². The van der Waals surface area contributed by atoms with Crippen LogP contribution in [0.15, 0.2) is 0 Å². The van der Waals surface area contributed by atoms with E-state index in [-0.39, 0.29) is 5.54 Å². The average Bonchev–Trinajstić information content (AvgIpc) is 2.86. The van der Waals surface area contributed by atoms with Gasteiger partial charge < -0.3 is 10.6 Å². The van der Waals surface area contributed by atoms with Gasteiger partial charge in [0, 0.05) is 11.6 Å². The molecule has 2 N–H and O–H groups in total. The fourth-order valence-electron chi connectivity index (χ4n) is 1.88. The Morgan fingerprint density at radius 3 is 2.31 bits per heavy atom. The topological polar surface area (TPSA) is 29.3 Å². The smallest absolute Gasteiger partial charge is 0.0323 e. The summed E-state index contributed by atoms with van der Waals surface area (Å²) in [6, 6.07) is 0.333. The van der Waals surface area contributed by atoms with Gasteiger partial charge in [0.2, 0.25) is 0 Å². The van der Waals surface area contributed by atoms with Crippen LogP contribution in [0.4, 0.5) is 0 Å². The zero-order chi connectivity index (χ0) is 10.1. The molecule has 1 aliphatic carbocycles. The second-order valence-corrected chi connectivity index (χ2v) is 4.89. The molecular formula is C11H24N2. The van der Waals surface area contributed by atoms with E-state index in [1.165, 1.54) is 19.3 Å². The Bertz CT molecular complexity index is 163. The van der Waals surface area contributed by atoms with Crippen LogP contribution in [-0.4, -0.2) is 30.6 Å². The van der Waals surface area contributed by atoms with E-state index in [0.29, 0.717) is 6.04 Å². The lowest BCUT2D eigenvalue weighted by Crippen LogP contribution is -2.55. The summed E-state index contributed by atoms with van der Waals surface area (Å²) in [6.07, 6.45) is 5.15. The molecule has 2 nitrogen and oxygen atoms in total. The first-order valence-electron chi connectivity index (χ1n) is 5.43. The lowest BCUT2D eigenvalue weighted by atomic mass is 9.85. The number of nitrogens with zero attached hydrogens (tertiary/aromatic N) is 1. The van der Waals surface area contributed by atoms with Crippen LogP contribution in [0.3, 0.4) is 0 Å². The summed E-state index contributed by atoms with van der Waals surface area (Å²) in [4.78, 5) is 2.28. The Morgan fingerprint density at radius 2 is 2.00 bits per heavy atom. The number of nitrogens with two attached hydrogens (primary N) is 1. The van der Waals surface area contributed by atoms with Gasteiger partial charge in [-0.25, -0.2) is 0 Å². The first-order chi connectivity index (χ1) is 6.00. The van der Waals surface area contributed by atoms with Crippen molar-refractivity contribution in [3.05, 3.63) is 0 Å². The fraction of sp³-hybridized carbons (Fsp3) is 1.00. The normalized spacial score (nSPS) is 24.5. The van der Waals surface area contributed by atoms with Crippen LogP contribution >= 0.6 is 0 Å². The van der Waals surface area contributed by atoms with Crippen molar-refractivity contribution in [1.82, 2.24) is 4.90 Å². The molecule has 0 aromatic carbocycles. The maximum absolute atomic E-state index is 6.26.